The molecule has 0 saturated carbocycles. The van der Waals surface area contributed by atoms with Crippen molar-refractivity contribution in [3.05, 3.63) is 12.2 Å². The molecule has 0 aromatic heterocycles. The zero-order valence-electron chi connectivity index (χ0n) is 6.39. The molecule has 1 N–H and O–H groups in total. The van der Waals surface area contributed by atoms with Gasteiger partial charge in [0.1, 0.15) is 0 Å². The van der Waals surface area contributed by atoms with Crippen LogP contribution in [0.1, 0.15) is 19.8 Å². The Bertz CT molecular complexity index is 121. The maximum absolute atomic E-state index is 10.6. The second kappa shape index (κ2) is 6.29. The highest BCUT2D eigenvalue weighted by molar-refractivity contribution is 5.76. The van der Waals surface area contributed by atoms with Crippen LogP contribution in [0.2, 0.25) is 0 Å². The average Bonchev–Trinajstić information content (AvgIpc) is 1.89. The predicted molar refractivity (Wildman–Crippen MR) is 39.2 cm³/mol. The maximum atomic E-state index is 10.6. The summed E-state index contributed by atoms with van der Waals surface area (Å²) < 4.78 is 0. The summed E-state index contributed by atoms with van der Waals surface area (Å²) in [6, 6.07) is 0. The molecule has 0 fully saturated rings. The van der Waals surface area contributed by atoms with E-state index in [-0.39, 0.29) is 5.91 Å². The van der Waals surface area contributed by atoms with Crippen LogP contribution in [0.15, 0.2) is 12.2 Å². The van der Waals surface area contributed by atoms with Crippen LogP contribution in [0.5, 0.6) is 0 Å². The molecule has 0 rings (SSSR count). The molecule has 0 unspecified atom stereocenters. The lowest BCUT2D eigenvalue weighted by molar-refractivity contribution is -0.130. The van der Waals surface area contributed by atoms with Gasteiger partial charge in [-0.25, -0.2) is 5.48 Å². The molecule has 0 spiro atoms. The van der Waals surface area contributed by atoms with Gasteiger partial charge < -0.3 is 0 Å². The lowest BCUT2D eigenvalue weighted by Crippen LogP contribution is -2.20. The van der Waals surface area contributed by atoms with E-state index in [2.05, 4.69) is 10.3 Å². The third-order valence-electron chi connectivity index (χ3n) is 0.922. The molecule has 3 heteroatoms. The number of rotatable bonds is 4. The number of hydrogen-bond donors (Lipinski definition) is 1. The largest absolute Gasteiger partial charge is 0.277 e. The van der Waals surface area contributed by atoms with Crippen molar-refractivity contribution in [3.8, 4) is 0 Å². The Labute approximate surface area is 61.0 Å². The van der Waals surface area contributed by atoms with E-state index in [1.54, 1.807) is 0 Å². The van der Waals surface area contributed by atoms with Gasteiger partial charge in [0.2, 0.25) is 5.91 Å². The summed E-state index contributed by atoms with van der Waals surface area (Å²) in [5.74, 6) is -0.118. The fraction of sp³-hybridized carbons (Fsp3) is 0.571. The van der Waals surface area contributed by atoms with Crippen molar-refractivity contribution in [2.45, 2.75) is 19.8 Å². The molecule has 0 bridgehead atoms. The van der Waals surface area contributed by atoms with Crippen LogP contribution in [-0.2, 0) is 9.63 Å². The van der Waals surface area contributed by atoms with Crippen molar-refractivity contribution >= 4 is 5.91 Å². The summed E-state index contributed by atoms with van der Waals surface area (Å²) in [7, 11) is 1.42. The van der Waals surface area contributed by atoms with Gasteiger partial charge in [-0.1, -0.05) is 19.1 Å². The molecule has 10 heavy (non-hydrogen) atoms. The normalized spacial score (nSPS) is 10.2. The lowest BCUT2D eigenvalue weighted by Gasteiger charge is -1.95. The van der Waals surface area contributed by atoms with Crippen molar-refractivity contribution in [2.24, 2.45) is 0 Å². The number of carbonyl (C=O) groups excluding carboxylic acids is 1. The Morgan fingerprint density at radius 2 is 2.30 bits per heavy atom. The van der Waals surface area contributed by atoms with E-state index >= 15 is 0 Å². The molecule has 3 nitrogen and oxygen atoms in total. The van der Waals surface area contributed by atoms with E-state index in [9.17, 15) is 4.79 Å². The minimum absolute atomic E-state index is 0.118. The standard InChI is InChI=1S/C7H13NO2/c1-3-4-5-6-7(9)8-10-2/h4-5H,3,6H2,1-2H3,(H,8,9)/b5-4+. The zero-order valence-corrected chi connectivity index (χ0v) is 6.39. The molecular formula is C7H13NO2. The van der Waals surface area contributed by atoms with E-state index < -0.39 is 0 Å². The van der Waals surface area contributed by atoms with Crippen molar-refractivity contribution in [2.75, 3.05) is 7.11 Å². The van der Waals surface area contributed by atoms with Gasteiger partial charge in [0.25, 0.3) is 0 Å². The molecule has 0 heterocycles. The highest BCUT2D eigenvalue weighted by Crippen LogP contribution is 1.85. The molecule has 0 aliphatic carbocycles. The van der Waals surface area contributed by atoms with Crippen molar-refractivity contribution in [1.82, 2.24) is 5.48 Å². The van der Waals surface area contributed by atoms with Crippen LogP contribution in [0.25, 0.3) is 0 Å². The first-order chi connectivity index (χ1) is 4.81. The minimum atomic E-state index is -0.118. The monoisotopic (exact) mass is 143 g/mol. The number of allylic oxidation sites excluding steroid dienone is 1. The topological polar surface area (TPSA) is 38.3 Å². The summed E-state index contributed by atoms with van der Waals surface area (Å²) in [6.07, 6.45) is 5.10. The number of nitrogens with one attached hydrogen (secondary N) is 1. The summed E-state index contributed by atoms with van der Waals surface area (Å²) in [4.78, 5) is 15.0. The molecule has 0 aromatic rings. The Morgan fingerprint density at radius 3 is 2.80 bits per heavy atom. The van der Waals surface area contributed by atoms with E-state index in [4.69, 9.17) is 0 Å². The molecule has 1 amide bonds. The van der Waals surface area contributed by atoms with Crippen molar-refractivity contribution in [1.29, 1.82) is 0 Å². The number of carbonyl (C=O) groups is 1. The van der Waals surface area contributed by atoms with E-state index in [0.717, 1.165) is 6.42 Å². The number of hydroxylamine groups is 1. The second-order valence-corrected chi connectivity index (χ2v) is 1.81. The highest BCUT2D eigenvalue weighted by Gasteiger charge is 1.92. The van der Waals surface area contributed by atoms with Crippen LogP contribution in [0, 0.1) is 0 Å². The third-order valence-corrected chi connectivity index (χ3v) is 0.922. The smallest absolute Gasteiger partial charge is 0.247 e. The van der Waals surface area contributed by atoms with Crippen molar-refractivity contribution < 1.29 is 9.63 Å². The van der Waals surface area contributed by atoms with E-state index in [0.29, 0.717) is 6.42 Å². The molecule has 0 saturated heterocycles. The highest BCUT2D eigenvalue weighted by atomic mass is 16.6. The van der Waals surface area contributed by atoms with E-state index in [1.165, 1.54) is 7.11 Å². The Hall–Kier alpha value is -0.830. The average molecular weight is 143 g/mol. The molecule has 0 aliphatic rings. The van der Waals surface area contributed by atoms with Gasteiger partial charge >= 0.3 is 0 Å². The first-order valence-corrected chi connectivity index (χ1v) is 3.28. The number of amides is 1. The first-order valence-electron chi connectivity index (χ1n) is 3.28. The van der Waals surface area contributed by atoms with Gasteiger partial charge in [-0.3, -0.25) is 9.63 Å². The SMILES string of the molecule is CC/C=C/CC(=O)NOC. The first kappa shape index (κ1) is 9.17. The fourth-order valence-corrected chi connectivity index (χ4v) is 0.513. The Balaban J connectivity index is 3.30. The molecule has 0 radical (unpaired) electrons. The maximum Gasteiger partial charge on any atom is 0.247 e. The second-order valence-electron chi connectivity index (χ2n) is 1.81. The van der Waals surface area contributed by atoms with Crippen LogP contribution in [0.4, 0.5) is 0 Å². The van der Waals surface area contributed by atoms with Crippen LogP contribution in [0.3, 0.4) is 0 Å². The van der Waals surface area contributed by atoms with Gasteiger partial charge in [0.15, 0.2) is 0 Å². The zero-order chi connectivity index (χ0) is 7.82. The summed E-state index contributed by atoms with van der Waals surface area (Å²) in [6.45, 7) is 2.02. The minimum Gasteiger partial charge on any atom is -0.277 e. The van der Waals surface area contributed by atoms with Gasteiger partial charge in [-0.15, -0.1) is 0 Å². The molecular weight excluding hydrogens is 130 g/mol. The predicted octanol–water partition coefficient (Wildman–Crippen LogP) is 1.02. The van der Waals surface area contributed by atoms with Gasteiger partial charge in [-0.05, 0) is 6.42 Å². The van der Waals surface area contributed by atoms with E-state index in [1.807, 2.05) is 19.1 Å². The van der Waals surface area contributed by atoms with Gasteiger partial charge in [0.05, 0.1) is 7.11 Å². The van der Waals surface area contributed by atoms with Gasteiger partial charge in [-0.2, -0.15) is 0 Å². The van der Waals surface area contributed by atoms with Gasteiger partial charge in [0, 0.05) is 6.42 Å². The van der Waals surface area contributed by atoms with Crippen LogP contribution in [-0.4, -0.2) is 13.0 Å². The molecule has 0 aromatic carbocycles. The van der Waals surface area contributed by atoms with Crippen molar-refractivity contribution in [3.63, 3.8) is 0 Å². The Morgan fingerprint density at radius 1 is 1.60 bits per heavy atom. The fourth-order valence-electron chi connectivity index (χ4n) is 0.513. The quantitative estimate of drug-likeness (QED) is 0.471. The summed E-state index contributed by atoms with van der Waals surface area (Å²) in [5.41, 5.74) is 2.21. The lowest BCUT2D eigenvalue weighted by atomic mass is 10.3. The summed E-state index contributed by atoms with van der Waals surface area (Å²) >= 11 is 0. The molecule has 0 aliphatic heterocycles. The molecule has 58 valence electrons. The summed E-state index contributed by atoms with van der Waals surface area (Å²) in [5, 5.41) is 0. The van der Waals surface area contributed by atoms with Crippen LogP contribution >= 0.6 is 0 Å². The van der Waals surface area contributed by atoms with Crippen LogP contribution < -0.4 is 5.48 Å². The third kappa shape index (κ3) is 5.31. The Kier molecular flexibility index (Phi) is 5.77. The molecule has 0 atom stereocenters. The number of hydrogen-bond acceptors (Lipinski definition) is 2.